The Morgan fingerprint density at radius 1 is 1.19 bits per heavy atom. The maximum Gasteiger partial charge on any atom is 0.244 e. The SMILES string of the molecule is COC1CCCN(S(=O)(=O)c2ccccc2S(N)(=O)=O)C1. The van der Waals surface area contributed by atoms with Crippen molar-refractivity contribution in [2.75, 3.05) is 20.2 Å². The minimum Gasteiger partial charge on any atom is -0.380 e. The van der Waals surface area contributed by atoms with Crippen molar-refractivity contribution in [3.05, 3.63) is 24.3 Å². The minimum atomic E-state index is -4.11. The summed E-state index contributed by atoms with van der Waals surface area (Å²) in [5, 5.41) is 5.10. The number of ether oxygens (including phenoxy) is 1. The smallest absolute Gasteiger partial charge is 0.244 e. The summed E-state index contributed by atoms with van der Waals surface area (Å²) in [4.78, 5) is -0.672. The van der Waals surface area contributed by atoms with Gasteiger partial charge in [0, 0.05) is 20.2 Å². The molecule has 2 rings (SSSR count). The highest BCUT2D eigenvalue weighted by molar-refractivity contribution is 7.92. The van der Waals surface area contributed by atoms with Crippen molar-refractivity contribution in [3.63, 3.8) is 0 Å². The molecule has 1 fully saturated rings. The van der Waals surface area contributed by atoms with Crippen LogP contribution in [0.25, 0.3) is 0 Å². The Balaban J connectivity index is 2.46. The molecule has 1 aromatic rings. The molecule has 118 valence electrons. The summed E-state index contributed by atoms with van der Waals surface area (Å²) in [5.74, 6) is 0. The largest absolute Gasteiger partial charge is 0.380 e. The predicted octanol–water partition coefficient (Wildman–Crippen LogP) is 0.134. The fraction of sp³-hybridized carbons (Fsp3) is 0.500. The van der Waals surface area contributed by atoms with E-state index < -0.39 is 20.0 Å². The van der Waals surface area contributed by atoms with E-state index in [1.54, 1.807) is 0 Å². The van der Waals surface area contributed by atoms with Gasteiger partial charge in [0.1, 0.15) is 9.79 Å². The number of primary sulfonamides is 1. The van der Waals surface area contributed by atoms with Gasteiger partial charge in [0.05, 0.1) is 6.10 Å². The molecule has 0 aromatic heterocycles. The Morgan fingerprint density at radius 3 is 2.38 bits per heavy atom. The lowest BCUT2D eigenvalue weighted by atomic mass is 10.1. The van der Waals surface area contributed by atoms with Crippen LogP contribution in [0.3, 0.4) is 0 Å². The predicted molar refractivity (Wildman–Crippen MR) is 76.6 cm³/mol. The Hall–Kier alpha value is -1.00. The summed E-state index contributed by atoms with van der Waals surface area (Å²) < 4.78 is 54.9. The first-order valence-corrected chi connectivity index (χ1v) is 9.40. The maximum atomic E-state index is 12.7. The van der Waals surface area contributed by atoms with Crippen molar-refractivity contribution in [2.24, 2.45) is 5.14 Å². The van der Waals surface area contributed by atoms with Gasteiger partial charge in [-0.05, 0) is 25.0 Å². The van der Waals surface area contributed by atoms with E-state index in [0.29, 0.717) is 13.0 Å². The lowest BCUT2D eigenvalue weighted by Crippen LogP contribution is -2.43. The molecule has 0 radical (unpaired) electrons. The lowest BCUT2D eigenvalue weighted by Gasteiger charge is -2.31. The van der Waals surface area contributed by atoms with Crippen LogP contribution in [0.4, 0.5) is 0 Å². The molecule has 0 amide bonds. The molecule has 1 heterocycles. The zero-order valence-corrected chi connectivity index (χ0v) is 13.2. The third-order valence-electron chi connectivity index (χ3n) is 3.45. The quantitative estimate of drug-likeness (QED) is 0.842. The van der Waals surface area contributed by atoms with E-state index in [2.05, 4.69) is 0 Å². The van der Waals surface area contributed by atoms with Crippen LogP contribution < -0.4 is 5.14 Å². The highest BCUT2D eigenvalue weighted by atomic mass is 32.2. The molecule has 9 heteroatoms. The molecule has 0 bridgehead atoms. The molecular formula is C12H18N2O5S2. The molecule has 1 saturated heterocycles. The number of methoxy groups -OCH3 is 1. The molecule has 1 unspecified atom stereocenters. The third kappa shape index (κ3) is 3.43. The van der Waals surface area contributed by atoms with Gasteiger partial charge in [0.15, 0.2) is 0 Å². The number of nitrogens with two attached hydrogens (primary N) is 1. The summed E-state index contributed by atoms with van der Waals surface area (Å²) in [5.41, 5.74) is 0. The molecule has 0 aliphatic carbocycles. The minimum absolute atomic E-state index is 0.185. The second-order valence-corrected chi connectivity index (χ2v) is 8.29. The number of rotatable bonds is 4. The lowest BCUT2D eigenvalue weighted by molar-refractivity contribution is 0.0571. The van der Waals surface area contributed by atoms with Crippen molar-refractivity contribution in [1.29, 1.82) is 0 Å². The van der Waals surface area contributed by atoms with Crippen molar-refractivity contribution < 1.29 is 21.6 Å². The van der Waals surface area contributed by atoms with Crippen LogP contribution in [0.2, 0.25) is 0 Å². The average Bonchev–Trinajstić information content (AvgIpc) is 2.46. The van der Waals surface area contributed by atoms with Crippen LogP contribution in [0.1, 0.15) is 12.8 Å². The van der Waals surface area contributed by atoms with Crippen LogP contribution in [0.5, 0.6) is 0 Å². The highest BCUT2D eigenvalue weighted by Crippen LogP contribution is 2.26. The van der Waals surface area contributed by atoms with Crippen LogP contribution in [-0.4, -0.2) is 47.4 Å². The van der Waals surface area contributed by atoms with Crippen LogP contribution in [0.15, 0.2) is 34.1 Å². The second kappa shape index (κ2) is 6.01. The van der Waals surface area contributed by atoms with Crippen molar-refractivity contribution in [3.8, 4) is 0 Å². The van der Waals surface area contributed by atoms with Gasteiger partial charge < -0.3 is 4.74 Å². The van der Waals surface area contributed by atoms with Gasteiger partial charge in [0.25, 0.3) is 0 Å². The Labute approximate surface area is 124 Å². The molecule has 1 aliphatic heterocycles. The van der Waals surface area contributed by atoms with Gasteiger partial charge in [-0.2, -0.15) is 4.31 Å². The van der Waals surface area contributed by atoms with Crippen LogP contribution >= 0.6 is 0 Å². The third-order valence-corrected chi connectivity index (χ3v) is 6.47. The standard InChI is InChI=1S/C12H18N2O5S2/c1-19-10-5-4-8-14(9-10)21(17,18)12-7-3-2-6-11(12)20(13,15)16/h2-3,6-7,10H,4-5,8-9H2,1H3,(H2,13,15,16). The number of benzene rings is 1. The zero-order chi connectivity index (χ0) is 15.7. The fourth-order valence-corrected chi connectivity index (χ4v) is 5.22. The Morgan fingerprint density at radius 2 is 1.81 bits per heavy atom. The van der Waals surface area contributed by atoms with E-state index in [-0.39, 0.29) is 22.4 Å². The molecular weight excluding hydrogens is 316 g/mol. The first-order valence-electron chi connectivity index (χ1n) is 6.41. The molecule has 0 saturated carbocycles. The van der Waals surface area contributed by atoms with Crippen LogP contribution in [0, 0.1) is 0 Å². The topological polar surface area (TPSA) is 107 Å². The number of hydrogen-bond donors (Lipinski definition) is 1. The molecule has 1 aliphatic rings. The van der Waals surface area contributed by atoms with Gasteiger partial charge in [-0.15, -0.1) is 0 Å². The fourth-order valence-electron chi connectivity index (χ4n) is 2.35. The molecule has 0 spiro atoms. The summed E-state index contributed by atoms with van der Waals surface area (Å²) >= 11 is 0. The van der Waals surface area contributed by atoms with Gasteiger partial charge in [-0.1, -0.05) is 12.1 Å². The van der Waals surface area contributed by atoms with Crippen molar-refractivity contribution in [2.45, 2.75) is 28.7 Å². The van der Waals surface area contributed by atoms with Crippen molar-refractivity contribution in [1.82, 2.24) is 4.31 Å². The van der Waals surface area contributed by atoms with E-state index in [0.717, 1.165) is 6.42 Å². The Bertz CT molecular complexity index is 715. The summed E-state index contributed by atoms with van der Waals surface area (Å²) in [6.07, 6.45) is 1.25. The molecule has 7 nitrogen and oxygen atoms in total. The monoisotopic (exact) mass is 334 g/mol. The summed E-state index contributed by atoms with van der Waals surface area (Å²) in [7, 11) is -6.51. The van der Waals surface area contributed by atoms with Gasteiger partial charge >= 0.3 is 0 Å². The van der Waals surface area contributed by atoms with Gasteiger partial charge in [0.2, 0.25) is 20.0 Å². The molecule has 1 atom stereocenters. The normalized spacial score (nSPS) is 21.3. The van der Waals surface area contributed by atoms with E-state index in [4.69, 9.17) is 9.88 Å². The maximum absolute atomic E-state index is 12.7. The van der Waals surface area contributed by atoms with Gasteiger partial charge in [-0.3, -0.25) is 0 Å². The Kier molecular flexibility index (Phi) is 4.69. The highest BCUT2D eigenvalue weighted by Gasteiger charge is 2.33. The van der Waals surface area contributed by atoms with E-state index in [9.17, 15) is 16.8 Å². The summed E-state index contributed by atoms with van der Waals surface area (Å²) in [6, 6.07) is 5.36. The van der Waals surface area contributed by atoms with E-state index >= 15 is 0 Å². The second-order valence-electron chi connectivity index (χ2n) is 4.85. The number of piperidine rings is 1. The summed E-state index contributed by atoms with van der Waals surface area (Å²) in [6.45, 7) is 0.541. The average molecular weight is 334 g/mol. The number of sulfonamides is 2. The van der Waals surface area contributed by atoms with Crippen molar-refractivity contribution >= 4 is 20.0 Å². The van der Waals surface area contributed by atoms with Gasteiger partial charge in [-0.25, -0.2) is 22.0 Å². The zero-order valence-electron chi connectivity index (χ0n) is 11.6. The first kappa shape index (κ1) is 16.4. The molecule has 2 N–H and O–H groups in total. The first-order chi connectivity index (χ1) is 9.76. The van der Waals surface area contributed by atoms with E-state index in [1.165, 1.54) is 35.7 Å². The van der Waals surface area contributed by atoms with E-state index in [1.807, 2.05) is 0 Å². The number of hydrogen-bond acceptors (Lipinski definition) is 5. The molecule has 1 aromatic carbocycles. The van der Waals surface area contributed by atoms with Crippen LogP contribution in [-0.2, 0) is 24.8 Å². The number of nitrogens with zero attached hydrogens (tertiary/aromatic N) is 1. The molecule has 21 heavy (non-hydrogen) atoms.